The van der Waals surface area contributed by atoms with Crippen molar-refractivity contribution in [2.45, 2.75) is 18.6 Å². The second kappa shape index (κ2) is 9.69. The van der Waals surface area contributed by atoms with E-state index in [1.807, 2.05) is 0 Å². The molecule has 0 N–H and O–H groups in total. The Morgan fingerprint density at radius 3 is 2.43 bits per heavy atom. The lowest BCUT2D eigenvalue weighted by molar-refractivity contribution is -0.141. The van der Waals surface area contributed by atoms with E-state index >= 15 is 0 Å². The number of alkyl halides is 3. The van der Waals surface area contributed by atoms with Gasteiger partial charge in [0.25, 0.3) is 0 Å². The summed E-state index contributed by atoms with van der Waals surface area (Å²) in [7, 11) is 2.53. The molecule has 0 saturated carbocycles. The molecule has 1 aliphatic rings. The topological polar surface area (TPSA) is 51.1 Å². The quantitative estimate of drug-likeness (QED) is 0.258. The number of carbonyl (C=O) groups is 1. The van der Waals surface area contributed by atoms with Crippen LogP contribution < -0.4 is 9.64 Å². The van der Waals surface area contributed by atoms with Crippen molar-refractivity contribution in [3.05, 3.63) is 87.6 Å². The lowest BCUT2D eigenvalue weighted by Crippen LogP contribution is -2.39. The maximum absolute atomic E-state index is 14.9. The average molecular weight is 551 g/mol. The Balaban J connectivity index is 2.04. The smallest absolute Gasteiger partial charge is 0.416 e. The summed E-state index contributed by atoms with van der Waals surface area (Å²) in [6.07, 6.45) is -4.91. The molecule has 3 aromatic rings. The van der Waals surface area contributed by atoms with Crippen molar-refractivity contribution < 1.29 is 31.8 Å². The van der Waals surface area contributed by atoms with Gasteiger partial charge < -0.3 is 14.4 Å². The summed E-state index contributed by atoms with van der Waals surface area (Å²) in [5.74, 6) is -0.972. The number of hydrogen-bond acceptors (Lipinski definition) is 5. The van der Waals surface area contributed by atoms with Crippen molar-refractivity contribution in [3.8, 4) is 5.75 Å². The highest BCUT2D eigenvalue weighted by molar-refractivity contribution is 9.10. The zero-order valence-corrected chi connectivity index (χ0v) is 20.2. The van der Waals surface area contributed by atoms with Crippen LogP contribution in [0.4, 0.5) is 28.9 Å². The summed E-state index contributed by atoms with van der Waals surface area (Å²) in [6, 6.07) is 13.2. The molecule has 5 nitrogen and oxygen atoms in total. The van der Waals surface area contributed by atoms with E-state index in [0.717, 1.165) is 16.6 Å². The number of halogens is 5. The van der Waals surface area contributed by atoms with Crippen molar-refractivity contribution in [2.75, 3.05) is 19.1 Å². The normalized spacial score (nSPS) is 15.3. The third-order valence-corrected chi connectivity index (χ3v) is 6.12. The van der Waals surface area contributed by atoms with E-state index < -0.39 is 29.6 Å². The number of fused-ring (bicyclic) bond motifs is 1. The van der Waals surface area contributed by atoms with E-state index in [4.69, 9.17) is 9.47 Å². The monoisotopic (exact) mass is 550 g/mol. The molecule has 4 rings (SSSR count). The van der Waals surface area contributed by atoms with Gasteiger partial charge in [0.2, 0.25) is 0 Å². The van der Waals surface area contributed by atoms with Crippen molar-refractivity contribution in [1.82, 2.24) is 0 Å². The summed E-state index contributed by atoms with van der Waals surface area (Å²) < 4.78 is 66.9. The van der Waals surface area contributed by atoms with Gasteiger partial charge in [-0.3, -0.25) is 4.79 Å². The molecule has 0 bridgehead atoms. The summed E-state index contributed by atoms with van der Waals surface area (Å²) in [5.41, 5.74) is -0.0632. The summed E-state index contributed by atoms with van der Waals surface area (Å²) in [4.78, 5) is 18.4. The molecule has 0 fully saturated rings. The van der Waals surface area contributed by atoms with Crippen LogP contribution in [-0.2, 0) is 15.7 Å². The minimum Gasteiger partial charge on any atom is -0.495 e. The number of hydrogen-bond donors (Lipinski definition) is 0. The van der Waals surface area contributed by atoms with Gasteiger partial charge in [-0.15, -0.1) is 0 Å². The molecule has 3 aromatic carbocycles. The molecule has 0 aliphatic carbocycles. The molecule has 35 heavy (non-hydrogen) atoms. The van der Waals surface area contributed by atoms with Crippen LogP contribution >= 0.6 is 15.9 Å². The molecule has 1 aliphatic heterocycles. The van der Waals surface area contributed by atoms with Crippen molar-refractivity contribution in [3.63, 3.8) is 0 Å². The van der Waals surface area contributed by atoms with Crippen LogP contribution in [0.25, 0.3) is 0 Å². The van der Waals surface area contributed by atoms with Gasteiger partial charge in [0.1, 0.15) is 23.1 Å². The molecule has 0 amide bonds. The van der Waals surface area contributed by atoms with Crippen LogP contribution in [-0.4, -0.2) is 26.0 Å². The maximum Gasteiger partial charge on any atom is 0.416 e. The lowest BCUT2D eigenvalue weighted by Gasteiger charge is -2.39. The van der Waals surface area contributed by atoms with Gasteiger partial charge in [-0.25, -0.2) is 9.38 Å². The van der Waals surface area contributed by atoms with Crippen LogP contribution in [0.2, 0.25) is 0 Å². The second-order valence-corrected chi connectivity index (χ2v) is 8.59. The van der Waals surface area contributed by atoms with Crippen LogP contribution in [0.5, 0.6) is 5.75 Å². The van der Waals surface area contributed by atoms with E-state index in [1.54, 1.807) is 30.3 Å². The van der Waals surface area contributed by atoms with Crippen molar-refractivity contribution in [2.24, 2.45) is 4.99 Å². The number of benzene rings is 3. The molecule has 0 radical (unpaired) electrons. The first-order valence-electron chi connectivity index (χ1n) is 10.4. The minimum atomic E-state index is -4.63. The van der Waals surface area contributed by atoms with Crippen molar-refractivity contribution >= 4 is 39.1 Å². The zero-order valence-electron chi connectivity index (χ0n) is 18.6. The molecule has 1 heterocycles. The van der Waals surface area contributed by atoms with E-state index in [1.165, 1.54) is 37.3 Å². The Morgan fingerprint density at radius 2 is 1.80 bits per heavy atom. The fourth-order valence-corrected chi connectivity index (χ4v) is 4.21. The largest absolute Gasteiger partial charge is 0.495 e. The van der Waals surface area contributed by atoms with Gasteiger partial charge in [-0.1, -0.05) is 40.2 Å². The Kier molecular flexibility index (Phi) is 6.84. The van der Waals surface area contributed by atoms with Gasteiger partial charge in [-0.05, 0) is 36.4 Å². The summed E-state index contributed by atoms with van der Waals surface area (Å²) in [5, 5.41) is 0. The number of carbonyl (C=O) groups excluding carboxylic acids is 1. The van der Waals surface area contributed by atoms with Gasteiger partial charge >= 0.3 is 12.1 Å². The molecule has 182 valence electrons. The number of aliphatic imine (C=N–C) groups is 1. The number of esters is 1. The Bertz CT molecular complexity index is 1290. The van der Waals surface area contributed by atoms with Crippen LogP contribution in [0.15, 0.2) is 70.1 Å². The fraction of sp³-hybridized carbons (Fsp3) is 0.200. The third kappa shape index (κ3) is 4.88. The van der Waals surface area contributed by atoms with Crippen LogP contribution in [0.1, 0.15) is 29.2 Å². The van der Waals surface area contributed by atoms with Gasteiger partial charge in [0, 0.05) is 15.6 Å². The third-order valence-electron chi connectivity index (χ3n) is 5.59. The van der Waals surface area contributed by atoms with Crippen molar-refractivity contribution in [1.29, 1.82) is 0 Å². The molecule has 10 heteroatoms. The molecule has 1 atom stereocenters. The summed E-state index contributed by atoms with van der Waals surface area (Å²) >= 11 is 3.36. The van der Waals surface area contributed by atoms with Gasteiger partial charge in [0.05, 0.1) is 37.9 Å². The van der Waals surface area contributed by atoms with E-state index in [0.29, 0.717) is 11.1 Å². The first-order valence-corrected chi connectivity index (χ1v) is 11.2. The van der Waals surface area contributed by atoms with Crippen LogP contribution in [0, 0.1) is 5.82 Å². The van der Waals surface area contributed by atoms with E-state index in [-0.39, 0.29) is 29.4 Å². The summed E-state index contributed by atoms with van der Waals surface area (Å²) in [6.45, 7) is 0. The highest BCUT2D eigenvalue weighted by atomic mass is 79.9. The second-order valence-electron chi connectivity index (χ2n) is 7.67. The first-order chi connectivity index (χ1) is 16.6. The number of amidine groups is 1. The van der Waals surface area contributed by atoms with Crippen LogP contribution in [0.3, 0.4) is 0 Å². The highest BCUT2D eigenvalue weighted by Crippen LogP contribution is 2.46. The maximum atomic E-state index is 14.9. The lowest BCUT2D eigenvalue weighted by atomic mass is 9.94. The Labute approximate surface area is 207 Å². The SMILES string of the molecule is COC(=O)CC1c2cccc(F)c2N=C(c2ccc(Br)cc2)N1c1cc(C(F)(F)F)ccc1OC. The Morgan fingerprint density at radius 1 is 1.09 bits per heavy atom. The molecule has 1 unspecified atom stereocenters. The predicted molar refractivity (Wildman–Crippen MR) is 127 cm³/mol. The number of anilines is 1. The van der Waals surface area contributed by atoms with E-state index in [9.17, 15) is 22.4 Å². The number of nitrogens with zero attached hydrogens (tertiary/aromatic N) is 2. The Hall–Kier alpha value is -3.40. The van der Waals surface area contributed by atoms with Gasteiger partial charge in [-0.2, -0.15) is 13.2 Å². The average Bonchev–Trinajstić information content (AvgIpc) is 2.83. The molecule has 0 saturated heterocycles. The number of rotatable bonds is 5. The highest BCUT2D eigenvalue weighted by Gasteiger charge is 2.38. The number of para-hydroxylation sites is 1. The molecular formula is C25H19BrF4N2O3. The fourth-order valence-electron chi connectivity index (χ4n) is 3.95. The minimum absolute atomic E-state index is 0.00140. The zero-order chi connectivity index (χ0) is 25.3. The standard InChI is InChI=1S/C25H19BrF4N2O3/c1-34-21-11-8-15(25(28,29)30)12-20(21)32-19(13-22(33)35-2)17-4-3-5-18(27)23(17)31-24(32)14-6-9-16(26)10-7-14/h3-12,19H,13H2,1-2H3. The first kappa shape index (κ1) is 24.7. The number of methoxy groups -OCH3 is 2. The predicted octanol–water partition coefficient (Wildman–Crippen LogP) is 6.82. The molecular weight excluding hydrogens is 532 g/mol. The van der Waals surface area contributed by atoms with Gasteiger partial charge in [0.15, 0.2) is 0 Å². The molecule has 0 spiro atoms. The number of ether oxygens (including phenoxy) is 2. The molecule has 0 aromatic heterocycles. The van der Waals surface area contributed by atoms with E-state index in [2.05, 4.69) is 20.9 Å².